The predicted octanol–water partition coefficient (Wildman–Crippen LogP) is 6.20. The number of nitrogens with zero attached hydrogens (tertiary/aromatic N) is 1. The highest BCUT2D eigenvalue weighted by molar-refractivity contribution is 6.05. The van der Waals surface area contributed by atoms with Gasteiger partial charge in [0.25, 0.3) is 5.91 Å². The molecule has 0 bridgehead atoms. The van der Waals surface area contributed by atoms with Crippen molar-refractivity contribution in [1.82, 2.24) is 10.3 Å². The van der Waals surface area contributed by atoms with Gasteiger partial charge in [0.15, 0.2) is 0 Å². The highest BCUT2D eigenvalue weighted by Crippen LogP contribution is 2.37. The third-order valence-electron chi connectivity index (χ3n) is 7.13. The lowest BCUT2D eigenvalue weighted by Crippen LogP contribution is -2.26. The Morgan fingerprint density at radius 3 is 2.60 bits per heavy atom. The first-order valence-corrected chi connectivity index (χ1v) is 13.6. The lowest BCUT2D eigenvalue weighted by Gasteiger charge is -2.15. The van der Waals surface area contributed by atoms with E-state index in [0.717, 1.165) is 28.1 Å². The van der Waals surface area contributed by atoms with Crippen molar-refractivity contribution in [2.45, 2.75) is 46.1 Å². The van der Waals surface area contributed by atoms with E-state index >= 15 is 0 Å². The maximum Gasteiger partial charge on any atom is 0.251 e. The number of anilines is 2. The summed E-state index contributed by atoms with van der Waals surface area (Å²) in [6, 6.07) is 10.8. The number of nitrogens with one attached hydrogen (secondary N) is 4. The summed E-state index contributed by atoms with van der Waals surface area (Å²) < 4.78 is 13.3. The average molecular weight is 568 g/mol. The van der Waals surface area contributed by atoms with Gasteiger partial charge in [-0.25, -0.2) is 4.39 Å². The van der Waals surface area contributed by atoms with Gasteiger partial charge in [0.05, 0.1) is 17.6 Å². The van der Waals surface area contributed by atoms with Crippen molar-refractivity contribution in [3.63, 3.8) is 0 Å². The van der Waals surface area contributed by atoms with Crippen LogP contribution in [0.5, 0.6) is 0 Å². The number of hydrogen-bond donors (Lipinski definition) is 4. The minimum Gasteiger partial charge on any atom is -0.360 e. The van der Waals surface area contributed by atoms with E-state index in [1.165, 1.54) is 18.2 Å². The van der Waals surface area contributed by atoms with Gasteiger partial charge < -0.3 is 20.9 Å². The van der Waals surface area contributed by atoms with Gasteiger partial charge in [-0.2, -0.15) is 0 Å². The number of amides is 3. The molecule has 0 spiro atoms. The second-order valence-electron chi connectivity index (χ2n) is 10.2. The molecule has 2 heterocycles. The molecule has 2 atom stereocenters. The smallest absolute Gasteiger partial charge is 0.251 e. The molecule has 8 nitrogen and oxygen atoms in total. The summed E-state index contributed by atoms with van der Waals surface area (Å²) >= 11 is 0. The van der Waals surface area contributed by atoms with E-state index in [2.05, 4.69) is 32.5 Å². The molecule has 216 valence electrons. The monoisotopic (exact) mass is 567 g/mol. The van der Waals surface area contributed by atoms with Crippen LogP contribution in [0, 0.1) is 19.7 Å². The van der Waals surface area contributed by atoms with Crippen LogP contribution < -0.4 is 16.0 Å². The first-order valence-electron chi connectivity index (χ1n) is 13.6. The number of benzene rings is 2. The lowest BCUT2D eigenvalue weighted by molar-refractivity contribution is -0.117. The molecule has 0 saturated carbocycles. The SMILES string of the molecule is C=C/C=C\C=NC(C)=CC(=O)Nc1c(C)[nH]c(CC2C(=O)Nc3ccc(C(=O)NC(C)c4ccc(F)cc4)cc32)c1C. The maximum absolute atomic E-state index is 13.3. The number of H-pyrrole nitrogens is 1. The molecule has 1 aliphatic rings. The van der Waals surface area contributed by atoms with Crippen molar-refractivity contribution >= 4 is 35.3 Å². The highest BCUT2D eigenvalue weighted by atomic mass is 19.1. The van der Waals surface area contributed by atoms with Crippen LogP contribution >= 0.6 is 0 Å². The van der Waals surface area contributed by atoms with E-state index in [9.17, 15) is 18.8 Å². The van der Waals surface area contributed by atoms with Crippen molar-refractivity contribution in [2.24, 2.45) is 4.99 Å². The molecule has 4 rings (SSSR count). The number of fused-ring (bicyclic) bond motifs is 1. The van der Waals surface area contributed by atoms with Crippen LogP contribution in [0.3, 0.4) is 0 Å². The Balaban J connectivity index is 1.49. The zero-order valence-corrected chi connectivity index (χ0v) is 24.0. The molecule has 42 heavy (non-hydrogen) atoms. The van der Waals surface area contributed by atoms with Gasteiger partial charge in [-0.3, -0.25) is 19.4 Å². The fourth-order valence-corrected chi connectivity index (χ4v) is 4.87. The summed E-state index contributed by atoms with van der Waals surface area (Å²) in [5.41, 5.74) is 6.17. The third-order valence-corrected chi connectivity index (χ3v) is 7.13. The minimum atomic E-state index is -0.525. The number of carbonyl (C=O) groups excluding carboxylic acids is 3. The Hall–Kier alpha value is -5.05. The quantitative estimate of drug-likeness (QED) is 0.133. The van der Waals surface area contributed by atoms with Gasteiger partial charge >= 0.3 is 0 Å². The first kappa shape index (κ1) is 29.9. The summed E-state index contributed by atoms with van der Waals surface area (Å²) in [6.45, 7) is 10.9. The molecule has 3 aromatic rings. The number of aromatic amines is 1. The number of aromatic nitrogens is 1. The lowest BCUT2D eigenvalue weighted by atomic mass is 9.93. The Bertz CT molecular complexity index is 1610. The van der Waals surface area contributed by atoms with E-state index in [1.54, 1.807) is 61.7 Å². The fraction of sp³-hybridized carbons (Fsp3) is 0.212. The largest absolute Gasteiger partial charge is 0.360 e. The number of hydrogen-bond acceptors (Lipinski definition) is 4. The number of aliphatic imine (C=N–C) groups is 1. The van der Waals surface area contributed by atoms with Crippen LogP contribution in [0.25, 0.3) is 0 Å². The summed E-state index contributed by atoms with van der Waals surface area (Å²) in [5.74, 6) is -1.65. The summed E-state index contributed by atoms with van der Waals surface area (Å²) in [5, 5.41) is 8.75. The topological polar surface area (TPSA) is 115 Å². The van der Waals surface area contributed by atoms with Gasteiger partial charge in [-0.1, -0.05) is 30.9 Å². The minimum absolute atomic E-state index is 0.165. The number of rotatable bonds is 10. The van der Waals surface area contributed by atoms with Gasteiger partial charge in [-0.15, -0.1) is 0 Å². The normalized spacial score (nSPS) is 15.5. The maximum atomic E-state index is 13.3. The van der Waals surface area contributed by atoms with E-state index < -0.39 is 5.92 Å². The number of halogens is 1. The first-order chi connectivity index (χ1) is 20.1. The van der Waals surface area contributed by atoms with E-state index in [1.807, 2.05) is 20.8 Å². The van der Waals surface area contributed by atoms with Crippen molar-refractivity contribution < 1.29 is 18.8 Å². The van der Waals surface area contributed by atoms with Crippen LogP contribution in [0.1, 0.15) is 64.2 Å². The molecule has 0 aliphatic carbocycles. The number of allylic oxidation sites excluding steroid dienone is 4. The van der Waals surface area contributed by atoms with Gasteiger partial charge in [-0.05, 0) is 80.8 Å². The van der Waals surface area contributed by atoms with Crippen molar-refractivity contribution in [3.8, 4) is 0 Å². The number of carbonyl (C=O) groups is 3. The zero-order valence-electron chi connectivity index (χ0n) is 24.0. The van der Waals surface area contributed by atoms with E-state index in [4.69, 9.17) is 0 Å². The highest BCUT2D eigenvalue weighted by Gasteiger charge is 2.33. The van der Waals surface area contributed by atoms with Crippen LogP contribution in [-0.2, 0) is 16.0 Å². The van der Waals surface area contributed by atoms with E-state index in [-0.39, 0.29) is 29.6 Å². The molecule has 0 fully saturated rings. The Labute approximate surface area is 244 Å². The third kappa shape index (κ3) is 6.98. The zero-order chi connectivity index (χ0) is 30.4. The Morgan fingerprint density at radius 2 is 1.88 bits per heavy atom. The van der Waals surface area contributed by atoms with Crippen LogP contribution in [0.15, 0.2) is 84.0 Å². The van der Waals surface area contributed by atoms with Crippen molar-refractivity contribution in [3.05, 3.63) is 119 Å². The van der Waals surface area contributed by atoms with Crippen LogP contribution in [0.4, 0.5) is 15.8 Å². The summed E-state index contributed by atoms with van der Waals surface area (Å²) in [7, 11) is 0. The molecule has 0 saturated heterocycles. The summed E-state index contributed by atoms with van der Waals surface area (Å²) in [4.78, 5) is 46.2. The van der Waals surface area contributed by atoms with E-state index in [0.29, 0.717) is 29.1 Å². The number of aryl methyl sites for hydroxylation is 1. The van der Waals surface area contributed by atoms with Crippen molar-refractivity contribution in [2.75, 3.05) is 10.6 Å². The second kappa shape index (κ2) is 13.1. The van der Waals surface area contributed by atoms with Crippen molar-refractivity contribution in [1.29, 1.82) is 0 Å². The Morgan fingerprint density at radius 1 is 1.14 bits per heavy atom. The second-order valence-corrected chi connectivity index (χ2v) is 10.2. The molecule has 2 aromatic carbocycles. The predicted molar refractivity (Wildman–Crippen MR) is 164 cm³/mol. The molecule has 0 radical (unpaired) electrons. The molecule has 3 amide bonds. The van der Waals surface area contributed by atoms with Gasteiger partial charge in [0.2, 0.25) is 11.8 Å². The van der Waals surface area contributed by atoms with Crippen LogP contribution in [0.2, 0.25) is 0 Å². The molecule has 1 aliphatic heterocycles. The molecular formula is C33H34FN5O3. The molecule has 9 heteroatoms. The Kier molecular flexibility index (Phi) is 9.32. The standard InChI is InChI=1S/C33H34FN5O3/c1-6-7-8-15-35-19(2)16-30(40)39-31-20(3)29(36-22(31)5)18-27-26-17-24(11-14-28(26)38-33(27)42)32(41)37-21(4)23-9-12-25(34)13-10-23/h6-17,21,27,36H,1,18H2,2-5H3,(H,37,41)(H,38,42)(H,39,40)/b8-7-,19-16?,35-15?. The van der Waals surface area contributed by atoms with Gasteiger partial charge in [0.1, 0.15) is 5.82 Å². The molecule has 1 aromatic heterocycles. The molecule has 2 unspecified atom stereocenters. The molecule has 4 N–H and O–H groups in total. The fourth-order valence-electron chi connectivity index (χ4n) is 4.87. The van der Waals surface area contributed by atoms with Gasteiger partial charge in [0, 0.05) is 47.0 Å². The van der Waals surface area contributed by atoms with Crippen LogP contribution in [-0.4, -0.2) is 28.9 Å². The summed E-state index contributed by atoms with van der Waals surface area (Å²) in [6.07, 6.45) is 8.43. The molecular weight excluding hydrogens is 533 g/mol. The average Bonchev–Trinajstić information content (AvgIpc) is 3.40.